The van der Waals surface area contributed by atoms with Crippen LogP contribution in [0.25, 0.3) is 0 Å². The van der Waals surface area contributed by atoms with Crippen molar-refractivity contribution in [2.24, 2.45) is 5.73 Å². The van der Waals surface area contributed by atoms with Gasteiger partial charge in [-0.15, -0.1) is 0 Å². The van der Waals surface area contributed by atoms with Crippen molar-refractivity contribution < 1.29 is 22.9 Å². The molecular weight excluding hydrogens is 292 g/mol. The molecule has 0 heterocycles. The van der Waals surface area contributed by atoms with Gasteiger partial charge < -0.3 is 24.3 Å². The minimum absolute atomic E-state index is 0.117. The van der Waals surface area contributed by atoms with Gasteiger partial charge in [-0.05, 0) is 33.6 Å². The van der Waals surface area contributed by atoms with E-state index in [9.17, 15) is 9.59 Å². The second kappa shape index (κ2) is 11.7. The van der Waals surface area contributed by atoms with E-state index in [-0.39, 0.29) is 12.5 Å². The SMILES string of the molecule is CCO[Si](CCCCC(=O)NCC(N)=O)(OCC)OCC. The molecule has 0 unspecified atom stereocenters. The number of nitrogens with one attached hydrogen (secondary N) is 1. The van der Waals surface area contributed by atoms with Crippen LogP contribution >= 0.6 is 0 Å². The summed E-state index contributed by atoms with van der Waals surface area (Å²) in [7, 11) is -2.61. The fourth-order valence-electron chi connectivity index (χ4n) is 1.90. The van der Waals surface area contributed by atoms with Gasteiger partial charge in [-0.25, -0.2) is 0 Å². The zero-order valence-electron chi connectivity index (χ0n) is 13.3. The Labute approximate surface area is 127 Å². The van der Waals surface area contributed by atoms with E-state index >= 15 is 0 Å². The molecule has 2 amide bonds. The molecular formula is C13H28N2O5Si. The number of hydrogen-bond donors (Lipinski definition) is 2. The number of hydrogen-bond acceptors (Lipinski definition) is 5. The fraction of sp³-hybridized carbons (Fsp3) is 0.846. The molecule has 0 aliphatic carbocycles. The topological polar surface area (TPSA) is 99.9 Å². The van der Waals surface area contributed by atoms with E-state index in [1.807, 2.05) is 20.8 Å². The molecule has 0 bridgehead atoms. The molecule has 21 heavy (non-hydrogen) atoms. The minimum atomic E-state index is -2.61. The van der Waals surface area contributed by atoms with Crippen molar-refractivity contribution in [2.45, 2.75) is 46.1 Å². The van der Waals surface area contributed by atoms with Crippen LogP contribution in [-0.2, 0) is 22.9 Å². The third kappa shape index (κ3) is 9.56. The Morgan fingerprint density at radius 2 is 1.52 bits per heavy atom. The normalized spacial score (nSPS) is 11.4. The van der Waals surface area contributed by atoms with Crippen molar-refractivity contribution in [1.29, 1.82) is 0 Å². The summed E-state index contributed by atoms with van der Waals surface area (Å²) in [6, 6.07) is 0.686. The first-order valence-electron chi connectivity index (χ1n) is 7.46. The number of nitrogens with two attached hydrogens (primary N) is 1. The molecule has 0 atom stereocenters. The molecule has 0 aromatic heterocycles. The summed E-state index contributed by atoms with van der Waals surface area (Å²) >= 11 is 0. The van der Waals surface area contributed by atoms with Crippen LogP contribution in [0.2, 0.25) is 6.04 Å². The van der Waals surface area contributed by atoms with Gasteiger partial charge in [0.1, 0.15) is 0 Å². The summed E-state index contributed by atoms with van der Waals surface area (Å²) in [6.07, 6.45) is 1.81. The Balaban J connectivity index is 4.11. The van der Waals surface area contributed by atoms with Gasteiger partial charge in [-0.1, -0.05) is 0 Å². The first-order valence-corrected chi connectivity index (χ1v) is 9.39. The lowest BCUT2D eigenvalue weighted by atomic mass is 10.2. The third-order valence-electron chi connectivity index (χ3n) is 2.69. The number of carbonyl (C=O) groups is 2. The third-order valence-corrected chi connectivity index (χ3v) is 5.84. The van der Waals surface area contributed by atoms with Crippen molar-refractivity contribution in [3.63, 3.8) is 0 Å². The van der Waals surface area contributed by atoms with Gasteiger partial charge in [0.25, 0.3) is 0 Å². The summed E-state index contributed by atoms with van der Waals surface area (Å²) in [4.78, 5) is 22.0. The largest absolute Gasteiger partial charge is 0.500 e. The van der Waals surface area contributed by atoms with Crippen molar-refractivity contribution in [3.05, 3.63) is 0 Å². The molecule has 3 N–H and O–H groups in total. The molecule has 7 nitrogen and oxygen atoms in total. The molecule has 0 aliphatic rings. The van der Waals surface area contributed by atoms with E-state index in [1.54, 1.807) is 0 Å². The summed E-state index contributed by atoms with van der Waals surface area (Å²) in [6.45, 7) is 7.27. The van der Waals surface area contributed by atoms with Gasteiger partial charge >= 0.3 is 8.80 Å². The van der Waals surface area contributed by atoms with Crippen molar-refractivity contribution >= 4 is 20.6 Å². The highest BCUT2D eigenvalue weighted by Crippen LogP contribution is 2.19. The maximum Gasteiger partial charge on any atom is 0.500 e. The van der Waals surface area contributed by atoms with Gasteiger partial charge in [0.15, 0.2) is 0 Å². The van der Waals surface area contributed by atoms with E-state index in [0.717, 1.165) is 6.42 Å². The number of carbonyl (C=O) groups excluding carboxylic acids is 2. The Morgan fingerprint density at radius 1 is 1.00 bits per heavy atom. The quantitative estimate of drug-likeness (QED) is 0.386. The van der Waals surface area contributed by atoms with E-state index in [0.29, 0.717) is 38.7 Å². The standard InChI is InChI=1S/C13H28N2O5Si/c1-4-18-21(19-5-2,20-6-3)10-8-7-9-13(17)15-11-12(14)16/h4-11H2,1-3H3,(H2,14,16)(H,15,17). The zero-order valence-corrected chi connectivity index (χ0v) is 14.3. The second-order valence-electron chi connectivity index (χ2n) is 4.43. The van der Waals surface area contributed by atoms with Crippen LogP contribution in [0.4, 0.5) is 0 Å². The van der Waals surface area contributed by atoms with Gasteiger partial charge in [0.2, 0.25) is 11.8 Å². The first-order chi connectivity index (χ1) is 9.99. The molecule has 0 saturated carbocycles. The van der Waals surface area contributed by atoms with Gasteiger partial charge in [0, 0.05) is 32.3 Å². The number of rotatable bonds is 13. The number of primary amides is 1. The predicted octanol–water partition coefficient (Wildman–Crippen LogP) is 0.807. The smallest absolute Gasteiger partial charge is 0.374 e. The Kier molecular flexibility index (Phi) is 11.1. The Hall–Kier alpha value is -0.963. The van der Waals surface area contributed by atoms with Crippen LogP contribution in [0, 0.1) is 0 Å². The summed E-state index contributed by atoms with van der Waals surface area (Å²) < 4.78 is 17.2. The van der Waals surface area contributed by atoms with Gasteiger partial charge in [-0.2, -0.15) is 0 Å². The highest BCUT2D eigenvalue weighted by Gasteiger charge is 2.39. The summed E-state index contributed by atoms with van der Waals surface area (Å²) in [5.41, 5.74) is 4.95. The number of unbranched alkanes of at least 4 members (excludes halogenated alkanes) is 1. The minimum Gasteiger partial charge on any atom is -0.374 e. The summed E-state index contributed by atoms with van der Waals surface area (Å²) in [5, 5.41) is 2.46. The van der Waals surface area contributed by atoms with E-state index in [2.05, 4.69) is 5.32 Å². The maximum atomic E-state index is 11.4. The van der Waals surface area contributed by atoms with Crippen LogP contribution in [-0.4, -0.2) is 47.0 Å². The molecule has 0 rings (SSSR count). The van der Waals surface area contributed by atoms with Gasteiger partial charge in [-0.3, -0.25) is 9.59 Å². The van der Waals surface area contributed by atoms with Gasteiger partial charge in [0.05, 0.1) is 6.54 Å². The number of amides is 2. The van der Waals surface area contributed by atoms with E-state index < -0.39 is 14.7 Å². The molecule has 124 valence electrons. The van der Waals surface area contributed by atoms with Crippen LogP contribution in [0.3, 0.4) is 0 Å². The van der Waals surface area contributed by atoms with Crippen molar-refractivity contribution in [3.8, 4) is 0 Å². The molecule has 0 radical (unpaired) electrons. The lowest BCUT2D eigenvalue weighted by Crippen LogP contribution is -2.45. The van der Waals surface area contributed by atoms with Crippen LogP contribution < -0.4 is 11.1 Å². The van der Waals surface area contributed by atoms with Crippen molar-refractivity contribution in [2.75, 3.05) is 26.4 Å². The highest BCUT2D eigenvalue weighted by atomic mass is 28.4. The highest BCUT2D eigenvalue weighted by molar-refractivity contribution is 6.60. The fourth-order valence-corrected chi connectivity index (χ4v) is 4.59. The average molecular weight is 320 g/mol. The Morgan fingerprint density at radius 3 is 1.95 bits per heavy atom. The predicted molar refractivity (Wildman–Crippen MR) is 81.5 cm³/mol. The first kappa shape index (κ1) is 20.0. The van der Waals surface area contributed by atoms with E-state index in [1.165, 1.54) is 0 Å². The van der Waals surface area contributed by atoms with E-state index in [4.69, 9.17) is 19.0 Å². The zero-order chi connectivity index (χ0) is 16.1. The van der Waals surface area contributed by atoms with Crippen LogP contribution in [0.15, 0.2) is 0 Å². The lowest BCUT2D eigenvalue weighted by Gasteiger charge is -2.28. The molecule has 8 heteroatoms. The molecule has 0 aromatic carbocycles. The van der Waals surface area contributed by atoms with Crippen LogP contribution in [0.1, 0.15) is 40.0 Å². The second-order valence-corrected chi connectivity index (χ2v) is 7.16. The molecule has 0 spiro atoms. The summed E-state index contributed by atoms with van der Waals surface area (Å²) in [5.74, 6) is -0.718. The molecule has 0 aromatic rings. The molecule has 0 aliphatic heterocycles. The average Bonchev–Trinajstić information content (AvgIpc) is 2.42. The Bertz CT molecular complexity index is 298. The maximum absolute atomic E-state index is 11.4. The monoisotopic (exact) mass is 320 g/mol. The van der Waals surface area contributed by atoms with Crippen LogP contribution in [0.5, 0.6) is 0 Å². The molecule has 0 fully saturated rings. The lowest BCUT2D eigenvalue weighted by molar-refractivity contribution is -0.124. The molecule has 0 saturated heterocycles. The van der Waals surface area contributed by atoms with Crippen molar-refractivity contribution in [1.82, 2.24) is 5.32 Å².